The van der Waals surface area contributed by atoms with Gasteiger partial charge in [0, 0.05) is 17.6 Å². The van der Waals surface area contributed by atoms with E-state index in [1.807, 2.05) is 6.92 Å². The predicted octanol–water partition coefficient (Wildman–Crippen LogP) is 11.9. The molecule has 0 radical (unpaired) electrons. The number of carbonyl (C=O) groups is 2. The second-order valence-electron chi connectivity index (χ2n) is 14.9. The third-order valence-corrected chi connectivity index (χ3v) is 11.7. The van der Waals surface area contributed by atoms with Crippen molar-refractivity contribution in [1.82, 2.24) is 0 Å². The van der Waals surface area contributed by atoms with E-state index in [-0.39, 0.29) is 11.2 Å². The highest BCUT2D eigenvalue weighted by atomic mass is 16.7. The standard InChI is InChI=1S/C41H70O5/c1-5-44-35(4)46-40(43)34(3)45-39(42)33(2)41(36-27-21-15-9-6-10-16-22-28-36,37-29-23-17-11-7-12-18-24-30-37)38-31-25-19-13-8-14-20-26-32-38/h35-38H,2-3,5-32H2,1,4H3. The molecule has 5 heteroatoms. The number of hydrogen-bond donors (Lipinski definition) is 0. The summed E-state index contributed by atoms with van der Waals surface area (Å²) >= 11 is 0. The summed E-state index contributed by atoms with van der Waals surface area (Å²) in [5, 5.41) is 0. The van der Waals surface area contributed by atoms with Gasteiger partial charge in [0.25, 0.3) is 0 Å². The Labute approximate surface area is 283 Å². The van der Waals surface area contributed by atoms with Gasteiger partial charge in [0.15, 0.2) is 0 Å². The summed E-state index contributed by atoms with van der Waals surface area (Å²) in [7, 11) is 0. The third-order valence-electron chi connectivity index (χ3n) is 11.7. The Morgan fingerprint density at radius 3 is 1.17 bits per heavy atom. The van der Waals surface area contributed by atoms with Gasteiger partial charge in [-0.2, -0.15) is 0 Å². The Kier molecular flexibility index (Phi) is 18.6. The van der Waals surface area contributed by atoms with Crippen LogP contribution in [0.5, 0.6) is 0 Å². The lowest BCUT2D eigenvalue weighted by atomic mass is 9.50. The van der Waals surface area contributed by atoms with Crippen LogP contribution in [-0.2, 0) is 23.8 Å². The Morgan fingerprint density at radius 2 is 0.870 bits per heavy atom. The topological polar surface area (TPSA) is 61.8 Å². The van der Waals surface area contributed by atoms with Crippen LogP contribution in [0.4, 0.5) is 0 Å². The molecular weight excluding hydrogens is 572 g/mol. The molecule has 5 nitrogen and oxygen atoms in total. The molecule has 0 aliphatic heterocycles. The molecule has 0 aromatic carbocycles. The van der Waals surface area contributed by atoms with Crippen LogP contribution in [0.25, 0.3) is 0 Å². The highest BCUT2D eigenvalue weighted by Crippen LogP contribution is 2.58. The highest BCUT2D eigenvalue weighted by molar-refractivity contribution is 5.95. The number of esters is 2. The largest absolute Gasteiger partial charge is 0.430 e. The SMILES string of the molecule is C=C(OC(=O)C(=C)C(C1CCCCCCCCC1)(C1CCCCCCCCC1)C1CCCCCCCCC1)C(=O)OC(C)OCC. The van der Waals surface area contributed by atoms with Crippen molar-refractivity contribution in [2.75, 3.05) is 6.61 Å². The molecule has 0 aromatic rings. The Morgan fingerprint density at radius 1 is 0.565 bits per heavy atom. The number of carbonyl (C=O) groups excluding carboxylic acids is 2. The zero-order valence-corrected chi connectivity index (χ0v) is 30.1. The average molecular weight is 643 g/mol. The van der Waals surface area contributed by atoms with E-state index in [4.69, 9.17) is 20.8 Å². The first-order valence-electron chi connectivity index (χ1n) is 19.8. The smallest absolute Gasteiger partial charge is 0.376 e. The minimum absolute atomic E-state index is 0.269. The van der Waals surface area contributed by atoms with Crippen molar-refractivity contribution < 1.29 is 23.8 Å². The summed E-state index contributed by atoms with van der Waals surface area (Å²) in [4.78, 5) is 27.3. The first-order chi connectivity index (χ1) is 22.4. The number of ether oxygens (including phenoxy) is 3. The quantitative estimate of drug-likeness (QED) is 0.103. The molecule has 3 saturated carbocycles. The van der Waals surface area contributed by atoms with Gasteiger partial charge in [0.05, 0.1) is 0 Å². The van der Waals surface area contributed by atoms with E-state index in [0.29, 0.717) is 29.9 Å². The summed E-state index contributed by atoms with van der Waals surface area (Å²) in [5.41, 5.74) is 0.308. The molecule has 0 aromatic heterocycles. The van der Waals surface area contributed by atoms with Gasteiger partial charge >= 0.3 is 11.9 Å². The Balaban J connectivity index is 2.08. The summed E-state index contributed by atoms with van der Waals surface area (Å²) in [6.07, 6.45) is 33.2. The van der Waals surface area contributed by atoms with Crippen molar-refractivity contribution in [3.05, 3.63) is 24.5 Å². The minimum Gasteiger partial charge on any atom is -0.430 e. The molecule has 0 amide bonds. The average Bonchev–Trinajstić information content (AvgIpc) is 3.06. The van der Waals surface area contributed by atoms with Crippen LogP contribution < -0.4 is 0 Å². The maximum absolute atomic E-state index is 14.5. The first kappa shape index (κ1) is 38.8. The molecule has 3 aliphatic rings. The van der Waals surface area contributed by atoms with Gasteiger partial charge in [-0.3, -0.25) is 0 Å². The lowest BCUT2D eigenvalue weighted by Gasteiger charge is -2.53. The van der Waals surface area contributed by atoms with Gasteiger partial charge in [-0.1, -0.05) is 141 Å². The molecule has 1 unspecified atom stereocenters. The van der Waals surface area contributed by atoms with Crippen molar-refractivity contribution >= 4 is 11.9 Å². The lowest BCUT2D eigenvalue weighted by molar-refractivity contribution is -0.174. The van der Waals surface area contributed by atoms with Crippen LogP contribution in [0.2, 0.25) is 0 Å². The van der Waals surface area contributed by atoms with E-state index in [1.54, 1.807) is 6.92 Å². The summed E-state index contributed by atoms with van der Waals surface area (Å²) in [5.74, 6) is -0.255. The van der Waals surface area contributed by atoms with Crippen molar-refractivity contribution in [3.8, 4) is 0 Å². The van der Waals surface area contributed by atoms with Gasteiger partial charge in [-0.25, -0.2) is 9.59 Å². The molecule has 3 rings (SSSR count). The van der Waals surface area contributed by atoms with Crippen molar-refractivity contribution in [3.63, 3.8) is 0 Å². The summed E-state index contributed by atoms with van der Waals surface area (Å²) in [6, 6.07) is 0. The van der Waals surface area contributed by atoms with E-state index in [9.17, 15) is 9.59 Å². The number of hydrogen-bond acceptors (Lipinski definition) is 5. The van der Waals surface area contributed by atoms with Gasteiger partial charge in [-0.05, 0) is 76.7 Å². The van der Waals surface area contributed by atoms with Gasteiger partial charge < -0.3 is 14.2 Å². The normalized spacial score (nSPS) is 22.6. The van der Waals surface area contributed by atoms with Crippen LogP contribution in [0.3, 0.4) is 0 Å². The van der Waals surface area contributed by atoms with Crippen LogP contribution in [0, 0.1) is 23.2 Å². The third kappa shape index (κ3) is 12.1. The molecule has 1 atom stereocenters. The minimum atomic E-state index is -0.747. The van der Waals surface area contributed by atoms with Crippen LogP contribution in [0.15, 0.2) is 24.5 Å². The highest BCUT2D eigenvalue weighted by Gasteiger charge is 2.53. The van der Waals surface area contributed by atoms with Crippen molar-refractivity contribution in [2.24, 2.45) is 23.2 Å². The second kappa shape index (κ2) is 22.1. The maximum Gasteiger partial charge on any atom is 0.376 e. The lowest BCUT2D eigenvalue weighted by Crippen LogP contribution is -2.48. The van der Waals surface area contributed by atoms with Gasteiger partial charge in [0.1, 0.15) is 0 Å². The molecule has 3 aliphatic carbocycles. The van der Waals surface area contributed by atoms with E-state index >= 15 is 0 Å². The molecule has 0 spiro atoms. The fourth-order valence-electron chi connectivity index (χ4n) is 9.48. The van der Waals surface area contributed by atoms with Crippen molar-refractivity contribution in [2.45, 2.75) is 193 Å². The molecular formula is C41H70O5. The fraction of sp³-hybridized carbons (Fsp3) is 0.854. The maximum atomic E-state index is 14.5. The Bertz CT molecular complexity index is 814. The number of rotatable bonds is 10. The van der Waals surface area contributed by atoms with E-state index in [0.717, 1.165) is 38.5 Å². The summed E-state index contributed by atoms with van der Waals surface area (Å²) in [6.45, 7) is 12.5. The zero-order chi connectivity index (χ0) is 33.0. The van der Waals surface area contributed by atoms with Crippen LogP contribution in [0.1, 0.15) is 187 Å². The Hall–Kier alpha value is -1.62. The van der Waals surface area contributed by atoms with Crippen LogP contribution in [-0.4, -0.2) is 24.8 Å². The molecule has 0 heterocycles. The molecule has 0 N–H and O–H groups in total. The zero-order valence-electron chi connectivity index (χ0n) is 30.1. The fourth-order valence-corrected chi connectivity index (χ4v) is 9.48. The van der Waals surface area contributed by atoms with Crippen LogP contribution >= 0.6 is 0 Å². The second-order valence-corrected chi connectivity index (χ2v) is 14.9. The molecule has 0 bridgehead atoms. The van der Waals surface area contributed by atoms with Gasteiger partial charge in [0.2, 0.25) is 12.0 Å². The summed E-state index contributed by atoms with van der Waals surface area (Å²) < 4.78 is 16.6. The van der Waals surface area contributed by atoms with E-state index in [2.05, 4.69) is 6.58 Å². The molecule has 264 valence electrons. The predicted molar refractivity (Wildman–Crippen MR) is 189 cm³/mol. The molecule has 3 fully saturated rings. The molecule has 46 heavy (non-hydrogen) atoms. The van der Waals surface area contributed by atoms with Gasteiger partial charge in [-0.15, -0.1) is 0 Å². The van der Waals surface area contributed by atoms with E-state index < -0.39 is 18.2 Å². The van der Waals surface area contributed by atoms with E-state index in [1.165, 1.54) is 135 Å². The monoisotopic (exact) mass is 643 g/mol. The molecule has 0 saturated heterocycles. The van der Waals surface area contributed by atoms with Crippen molar-refractivity contribution in [1.29, 1.82) is 0 Å². The first-order valence-corrected chi connectivity index (χ1v) is 19.8.